The molecule has 2 aromatic carbocycles. The number of benzene rings is 2. The summed E-state index contributed by atoms with van der Waals surface area (Å²) in [6, 6.07) is 14.8. The molecule has 6 heteroatoms. The number of para-hydroxylation sites is 1. The fourth-order valence-electron chi connectivity index (χ4n) is 2.35. The minimum atomic E-state index is -1.08. The Morgan fingerprint density at radius 2 is 1.92 bits per heavy atom. The predicted octanol–water partition coefficient (Wildman–Crippen LogP) is 3.63. The summed E-state index contributed by atoms with van der Waals surface area (Å²) in [5.41, 5.74) is 1.06. The minimum absolute atomic E-state index is 0.0380. The molecule has 5 nitrogen and oxygen atoms in total. The molecule has 0 fully saturated rings. The van der Waals surface area contributed by atoms with Gasteiger partial charge in [-0.2, -0.15) is 5.26 Å². The maximum atomic E-state index is 13.6. The van der Waals surface area contributed by atoms with Gasteiger partial charge in [-0.05, 0) is 43.7 Å². The number of hydrogen-bond acceptors (Lipinski definition) is 4. The standard InChI is InChI=1S/C20H19FN2O3/c1-14-9-10-16(13-18(14)21)20(25)26-15(2)19(24)23(12-6-11-22)17-7-4-3-5-8-17/h3-5,7-10,13,15H,6,12H2,1-2H3. The van der Waals surface area contributed by atoms with Crippen molar-refractivity contribution in [2.45, 2.75) is 26.4 Å². The number of nitrogens with zero attached hydrogens (tertiary/aromatic N) is 2. The number of anilines is 1. The van der Waals surface area contributed by atoms with E-state index in [0.717, 1.165) is 6.07 Å². The van der Waals surface area contributed by atoms with Crippen LogP contribution in [0.15, 0.2) is 48.5 Å². The van der Waals surface area contributed by atoms with E-state index >= 15 is 0 Å². The molecular weight excluding hydrogens is 335 g/mol. The molecule has 0 aromatic heterocycles. The Morgan fingerprint density at radius 1 is 1.23 bits per heavy atom. The molecule has 0 heterocycles. The number of aryl methyl sites for hydroxylation is 1. The summed E-state index contributed by atoms with van der Waals surface area (Å²) in [5, 5.41) is 8.82. The second-order valence-electron chi connectivity index (χ2n) is 5.75. The number of esters is 1. The summed E-state index contributed by atoms with van der Waals surface area (Å²) in [4.78, 5) is 26.3. The Balaban J connectivity index is 2.13. The van der Waals surface area contributed by atoms with E-state index < -0.39 is 23.8 Å². The second-order valence-corrected chi connectivity index (χ2v) is 5.75. The molecule has 134 valence electrons. The maximum absolute atomic E-state index is 13.6. The molecule has 0 aliphatic heterocycles. The molecule has 0 spiro atoms. The lowest BCUT2D eigenvalue weighted by molar-refractivity contribution is -0.126. The summed E-state index contributed by atoms with van der Waals surface area (Å²) < 4.78 is 18.8. The Kier molecular flexibility index (Phi) is 6.45. The van der Waals surface area contributed by atoms with Crippen molar-refractivity contribution in [3.05, 3.63) is 65.5 Å². The number of carbonyl (C=O) groups excluding carboxylic acids is 2. The van der Waals surface area contributed by atoms with E-state index in [1.807, 2.05) is 12.1 Å². The average molecular weight is 354 g/mol. The number of ether oxygens (including phenoxy) is 1. The monoisotopic (exact) mass is 354 g/mol. The number of nitriles is 1. The molecule has 2 aromatic rings. The van der Waals surface area contributed by atoms with Crippen molar-refractivity contribution in [3.8, 4) is 6.07 Å². The van der Waals surface area contributed by atoms with Gasteiger partial charge in [0, 0.05) is 12.2 Å². The normalized spacial score (nSPS) is 11.3. The number of amides is 1. The molecule has 0 bridgehead atoms. The smallest absolute Gasteiger partial charge is 0.339 e. The van der Waals surface area contributed by atoms with Crippen LogP contribution in [-0.4, -0.2) is 24.5 Å². The van der Waals surface area contributed by atoms with Crippen LogP contribution in [0.4, 0.5) is 10.1 Å². The van der Waals surface area contributed by atoms with E-state index in [1.54, 1.807) is 31.2 Å². The van der Waals surface area contributed by atoms with Crippen molar-refractivity contribution in [3.63, 3.8) is 0 Å². The van der Waals surface area contributed by atoms with Crippen molar-refractivity contribution in [2.24, 2.45) is 0 Å². The molecule has 0 aliphatic rings. The van der Waals surface area contributed by atoms with Crippen LogP contribution < -0.4 is 4.90 Å². The topological polar surface area (TPSA) is 70.4 Å². The molecule has 1 atom stereocenters. The van der Waals surface area contributed by atoms with Crippen LogP contribution in [0.3, 0.4) is 0 Å². The molecule has 0 saturated heterocycles. The van der Waals surface area contributed by atoms with Crippen molar-refractivity contribution in [2.75, 3.05) is 11.4 Å². The van der Waals surface area contributed by atoms with Gasteiger partial charge in [0.15, 0.2) is 6.10 Å². The lowest BCUT2D eigenvalue weighted by atomic mass is 10.1. The van der Waals surface area contributed by atoms with Crippen LogP contribution in [-0.2, 0) is 9.53 Å². The highest BCUT2D eigenvalue weighted by molar-refractivity contribution is 5.99. The van der Waals surface area contributed by atoms with E-state index in [4.69, 9.17) is 10.00 Å². The van der Waals surface area contributed by atoms with Crippen LogP contribution in [0.2, 0.25) is 0 Å². The Hall–Kier alpha value is -3.20. The van der Waals surface area contributed by atoms with Gasteiger partial charge in [0.05, 0.1) is 18.1 Å². The Bertz CT molecular complexity index is 831. The lowest BCUT2D eigenvalue weighted by Crippen LogP contribution is -2.40. The molecule has 0 radical (unpaired) electrons. The van der Waals surface area contributed by atoms with Crippen molar-refractivity contribution in [1.29, 1.82) is 5.26 Å². The van der Waals surface area contributed by atoms with Crippen molar-refractivity contribution >= 4 is 17.6 Å². The zero-order valence-electron chi connectivity index (χ0n) is 14.6. The quantitative estimate of drug-likeness (QED) is 0.743. The second kappa shape index (κ2) is 8.77. The van der Waals surface area contributed by atoms with Gasteiger partial charge in [-0.3, -0.25) is 4.79 Å². The molecule has 2 rings (SSSR count). The van der Waals surface area contributed by atoms with E-state index in [-0.39, 0.29) is 18.5 Å². The number of halogens is 1. The first kappa shape index (κ1) is 19.1. The zero-order valence-corrected chi connectivity index (χ0v) is 14.6. The Labute approximate surface area is 151 Å². The van der Waals surface area contributed by atoms with Gasteiger partial charge in [-0.15, -0.1) is 0 Å². The Morgan fingerprint density at radius 3 is 2.54 bits per heavy atom. The summed E-state index contributed by atoms with van der Waals surface area (Å²) in [6.07, 6.45) is -0.935. The highest BCUT2D eigenvalue weighted by Crippen LogP contribution is 2.17. The first-order chi connectivity index (χ1) is 12.4. The number of carbonyl (C=O) groups is 2. The largest absolute Gasteiger partial charge is 0.449 e. The summed E-state index contributed by atoms with van der Waals surface area (Å²) >= 11 is 0. The average Bonchev–Trinajstić information content (AvgIpc) is 2.64. The van der Waals surface area contributed by atoms with E-state index in [1.165, 1.54) is 24.0 Å². The predicted molar refractivity (Wildman–Crippen MR) is 95.0 cm³/mol. The third-order valence-corrected chi connectivity index (χ3v) is 3.82. The number of rotatable bonds is 6. The van der Waals surface area contributed by atoms with E-state index in [9.17, 15) is 14.0 Å². The SMILES string of the molecule is Cc1ccc(C(=O)OC(C)C(=O)N(CCC#N)c2ccccc2)cc1F. The summed E-state index contributed by atoms with van der Waals surface area (Å²) in [6.45, 7) is 3.22. The van der Waals surface area contributed by atoms with Gasteiger partial charge in [0.1, 0.15) is 5.82 Å². The fraction of sp³-hybridized carbons (Fsp3) is 0.250. The van der Waals surface area contributed by atoms with Gasteiger partial charge in [0.25, 0.3) is 5.91 Å². The molecule has 0 aliphatic carbocycles. The van der Waals surface area contributed by atoms with Crippen LogP contribution in [0, 0.1) is 24.1 Å². The highest BCUT2D eigenvalue weighted by atomic mass is 19.1. The first-order valence-corrected chi connectivity index (χ1v) is 8.14. The van der Waals surface area contributed by atoms with Crippen LogP contribution in [0.5, 0.6) is 0 Å². The third-order valence-electron chi connectivity index (χ3n) is 3.82. The first-order valence-electron chi connectivity index (χ1n) is 8.14. The van der Waals surface area contributed by atoms with E-state index in [2.05, 4.69) is 0 Å². The van der Waals surface area contributed by atoms with Crippen LogP contribution >= 0.6 is 0 Å². The summed E-state index contributed by atoms with van der Waals surface area (Å²) in [5.74, 6) is -1.75. The van der Waals surface area contributed by atoms with Crippen molar-refractivity contribution < 1.29 is 18.7 Å². The van der Waals surface area contributed by atoms with Crippen LogP contribution in [0.1, 0.15) is 29.3 Å². The molecule has 1 unspecified atom stereocenters. The van der Waals surface area contributed by atoms with Gasteiger partial charge >= 0.3 is 5.97 Å². The highest BCUT2D eigenvalue weighted by Gasteiger charge is 2.25. The number of hydrogen-bond donors (Lipinski definition) is 0. The van der Waals surface area contributed by atoms with Gasteiger partial charge < -0.3 is 9.64 Å². The van der Waals surface area contributed by atoms with Gasteiger partial charge in [-0.25, -0.2) is 9.18 Å². The fourth-order valence-corrected chi connectivity index (χ4v) is 2.35. The molecule has 0 saturated carbocycles. The minimum Gasteiger partial charge on any atom is -0.449 e. The third kappa shape index (κ3) is 4.67. The zero-order chi connectivity index (χ0) is 19.1. The van der Waals surface area contributed by atoms with E-state index in [0.29, 0.717) is 11.3 Å². The van der Waals surface area contributed by atoms with Crippen molar-refractivity contribution in [1.82, 2.24) is 0 Å². The maximum Gasteiger partial charge on any atom is 0.339 e. The van der Waals surface area contributed by atoms with Gasteiger partial charge in [-0.1, -0.05) is 24.3 Å². The van der Waals surface area contributed by atoms with Gasteiger partial charge in [0.2, 0.25) is 0 Å². The molecule has 26 heavy (non-hydrogen) atoms. The molecule has 1 amide bonds. The molecular formula is C20H19FN2O3. The molecule has 0 N–H and O–H groups in total. The lowest BCUT2D eigenvalue weighted by Gasteiger charge is -2.25. The van der Waals surface area contributed by atoms with Crippen LogP contribution in [0.25, 0.3) is 0 Å². The summed E-state index contributed by atoms with van der Waals surface area (Å²) in [7, 11) is 0.